The van der Waals surface area contributed by atoms with Crippen molar-refractivity contribution in [3.05, 3.63) is 205 Å². The van der Waals surface area contributed by atoms with Crippen LogP contribution in [-0.4, -0.2) is 14.8 Å². The number of hydrogen-bond donors (Lipinski definition) is 2. The second-order valence-corrected chi connectivity index (χ2v) is 15.3. The number of hydrogen-bond acceptors (Lipinski definition) is 3. The highest BCUT2D eigenvalue weighted by molar-refractivity contribution is 6.09. The van der Waals surface area contributed by atoms with Crippen molar-refractivity contribution in [2.24, 2.45) is 0 Å². The Bertz CT molecular complexity index is 2680. The van der Waals surface area contributed by atoms with Crippen molar-refractivity contribution >= 4 is 38.9 Å². The van der Waals surface area contributed by atoms with Gasteiger partial charge < -0.3 is 19.7 Å². The summed E-state index contributed by atoms with van der Waals surface area (Å²) in [4.78, 5) is 2.27. The van der Waals surface area contributed by atoms with Crippen molar-refractivity contribution < 1.29 is 10.2 Å². The summed E-state index contributed by atoms with van der Waals surface area (Å²) < 4.78 is 2.22. The van der Waals surface area contributed by atoms with Gasteiger partial charge in [0.1, 0.15) is 0 Å². The molecule has 0 radical (unpaired) electrons. The van der Waals surface area contributed by atoms with Crippen molar-refractivity contribution in [3.8, 4) is 39.1 Å². The lowest BCUT2D eigenvalue weighted by molar-refractivity contribution is 0.0791. The van der Waals surface area contributed by atoms with Gasteiger partial charge in [0, 0.05) is 33.4 Å². The van der Waals surface area contributed by atoms with Crippen molar-refractivity contribution in [2.75, 3.05) is 4.90 Å². The standard InChI is InChI=1S/C53H44N2O2/c1-36(56)47-34-48(49(53(2,3)57)35-52(47)55-50-20-12-10-18-45(50)46-19-11-13-21-51(46)55)41-26-32-44(33-27-41)54(42-28-22-39(23-29-42)37-14-6-4-7-15-37)43-30-24-40(25-31-43)38-16-8-5-9-17-38/h4-36,56-57H,1-3H3. The molecule has 0 fully saturated rings. The monoisotopic (exact) mass is 740 g/mol. The molecule has 0 saturated heterocycles. The molecule has 1 aromatic heterocycles. The molecule has 2 N–H and O–H groups in total. The van der Waals surface area contributed by atoms with Gasteiger partial charge in [0.05, 0.1) is 28.4 Å². The Morgan fingerprint density at radius 3 is 1.28 bits per heavy atom. The summed E-state index contributed by atoms with van der Waals surface area (Å²) in [6.45, 7) is 5.48. The normalized spacial score (nSPS) is 12.2. The number of aliphatic hydroxyl groups excluding tert-OH is 1. The molecule has 4 heteroatoms. The molecular formula is C53H44N2O2. The van der Waals surface area contributed by atoms with Gasteiger partial charge in [0.2, 0.25) is 0 Å². The fourth-order valence-corrected chi connectivity index (χ4v) is 8.16. The summed E-state index contributed by atoms with van der Waals surface area (Å²) >= 11 is 0. The van der Waals surface area contributed by atoms with Crippen LogP contribution in [0.5, 0.6) is 0 Å². The van der Waals surface area contributed by atoms with E-state index in [9.17, 15) is 10.2 Å². The fraction of sp³-hybridized carbons (Fsp3) is 0.0943. The predicted octanol–water partition coefficient (Wildman–Crippen LogP) is 13.5. The third-order valence-corrected chi connectivity index (χ3v) is 11.0. The molecule has 1 atom stereocenters. The molecule has 278 valence electrons. The van der Waals surface area contributed by atoms with Gasteiger partial charge in [-0.15, -0.1) is 0 Å². The summed E-state index contributed by atoms with van der Waals surface area (Å²) in [7, 11) is 0. The van der Waals surface area contributed by atoms with E-state index in [2.05, 4.69) is 179 Å². The van der Waals surface area contributed by atoms with Gasteiger partial charge >= 0.3 is 0 Å². The maximum atomic E-state index is 11.8. The van der Waals surface area contributed by atoms with Gasteiger partial charge in [-0.1, -0.05) is 133 Å². The highest BCUT2D eigenvalue weighted by Gasteiger charge is 2.26. The first-order valence-electron chi connectivity index (χ1n) is 19.5. The molecule has 57 heavy (non-hydrogen) atoms. The number of aromatic nitrogens is 1. The number of anilines is 3. The number of fused-ring (bicyclic) bond motifs is 3. The van der Waals surface area contributed by atoms with Crippen molar-refractivity contribution in [3.63, 3.8) is 0 Å². The Kier molecular flexibility index (Phi) is 9.30. The molecule has 8 aromatic carbocycles. The summed E-state index contributed by atoms with van der Waals surface area (Å²) in [6, 6.07) is 67.7. The van der Waals surface area contributed by atoms with Gasteiger partial charge in [-0.05, 0) is 120 Å². The number of aliphatic hydroxyl groups is 2. The minimum atomic E-state index is -1.17. The van der Waals surface area contributed by atoms with Crippen molar-refractivity contribution in [1.82, 2.24) is 4.57 Å². The summed E-state index contributed by atoms with van der Waals surface area (Å²) in [5, 5.41) is 25.4. The first kappa shape index (κ1) is 35.9. The molecule has 0 aliphatic heterocycles. The Hall–Kier alpha value is -6.72. The fourth-order valence-electron chi connectivity index (χ4n) is 8.16. The average Bonchev–Trinajstić information content (AvgIpc) is 3.58. The maximum absolute atomic E-state index is 11.8. The second kappa shape index (κ2) is 14.7. The van der Waals surface area contributed by atoms with Gasteiger partial charge in [-0.2, -0.15) is 0 Å². The van der Waals surface area contributed by atoms with Gasteiger partial charge in [0.15, 0.2) is 0 Å². The molecule has 0 bridgehead atoms. The molecule has 1 unspecified atom stereocenters. The van der Waals surface area contributed by atoms with Crippen LogP contribution in [0.4, 0.5) is 17.1 Å². The zero-order chi connectivity index (χ0) is 39.1. The van der Waals surface area contributed by atoms with Crippen LogP contribution in [-0.2, 0) is 5.60 Å². The lowest BCUT2D eigenvalue weighted by Gasteiger charge is -2.28. The minimum Gasteiger partial charge on any atom is -0.389 e. The molecule has 4 nitrogen and oxygen atoms in total. The SMILES string of the molecule is CC(O)c1cc(-c2ccc(N(c3ccc(-c4ccccc4)cc3)c3ccc(-c4ccccc4)cc3)cc2)c(C(C)(C)O)cc1-n1c2ccccc2c2ccccc21. The Labute approximate surface area is 334 Å². The first-order chi connectivity index (χ1) is 27.7. The zero-order valence-electron chi connectivity index (χ0n) is 32.3. The van der Waals surface area contributed by atoms with Crippen LogP contribution in [0.15, 0.2) is 194 Å². The number of nitrogens with zero attached hydrogens (tertiary/aromatic N) is 2. The van der Waals surface area contributed by atoms with Gasteiger partial charge in [0.25, 0.3) is 0 Å². The van der Waals surface area contributed by atoms with Crippen LogP contribution in [0, 0.1) is 0 Å². The number of benzene rings is 8. The highest BCUT2D eigenvalue weighted by atomic mass is 16.3. The minimum absolute atomic E-state index is 0.762. The van der Waals surface area contributed by atoms with E-state index in [1.54, 1.807) is 0 Å². The molecule has 1 heterocycles. The predicted molar refractivity (Wildman–Crippen MR) is 238 cm³/mol. The van der Waals surface area contributed by atoms with Crippen LogP contribution in [0.3, 0.4) is 0 Å². The van der Waals surface area contributed by atoms with Crippen LogP contribution in [0.25, 0.3) is 60.9 Å². The first-order valence-corrected chi connectivity index (χ1v) is 19.5. The van der Waals surface area contributed by atoms with Crippen molar-refractivity contribution in [2.45, 2.75) is 32.5 Å². The Morgan fingerprint density at radius 1 is 0.474 bits per heavy atom. The van der Waals surface area contributed by atoms with E-state index in [4.69, 9.17) is 0 Å². The van der Waals surface area contributed by atoms with E-state index >= 15 is 0 Å². The van der Waals surface area contributed by atoms with E-state index in [-0.39, 0.29) is 0 Å². The molecular weight excluding hydrogens is 697 g/mol. The van der Waals surface area contributed by atoms with Crippen LogP contribution < -0.4 is 4.90 Å². The van der Waals surface area contributed by atoms with Crippen LogP contribution in [0.1, 0.15) is 38.0 Å². The molecule has 0 amide bonds. The summed E-state index contributed by atoms with van der Waals surface area (Å²) in [5.41, 5.74) is 12.9. The molecule has 9 aromatic rings. The Balaban J connectivity index is 1.16. The summed E-state index contributed by atoms with van der Waals surface area (Å²) in [5.74, 6) is 0. The van der Waals surface area contributed by atoms with E-state index in [1.165, 1.54) is 11.1 Å². The van der Waals surface area contributed by atoms with E-state index in [0.29, 0.717) is 0 Å². The molecule has 0 saturated carbocycles. The largest absolute Gasteiger partial charge is 0.389 e. The molecule has 9 rings (SSSR count). The molecule has 0 aliphatic rings. The quantitative estimate of drug-likeness (QED) is 0.155. The molecule has 0 spiro atoms. The maximum Gasteiger partial charge on any atom is 0.0847 e. The van der Waals surface area contributed by atoms with Crippen molar-refractivity contribution in [1.29, 1.82) is 0 Å². The van der Waals surface area contributed by atoms with E-state index in [1.807, 2.05) is 45.0 Å². The van der Waals surface area contributed by atoms with Crippen LogP contribution >= 0.6 is 0 Å². The third-order valence-electron chi connectivity index (χ3n) is 11.0. The third kappa shape index (κ3) is 6.80. The van der Waals surface area contributed by atoms with Gasteiger partial charge in [-0.3, -0.25) is 0 Å². The number of para-hydroxylation sites is 2. The average molecular weight is 741 g/mol. The van der Waals surface area contributed by atoms with E-state index < -0.39 is 11.7 Å². The van der Waals surface area contributed by atoms with Crippen LogP contribution in [0.2, 0.25) is 0 Å². The smallest absolute Gasteiger partial charge is 0.0847 e. The van der Waals surface area contributed by atoms with Gasteiger partial charge in [-0.25, -0.2) is 0 Å². The lowest BCUT2D eigenvalue weighted by atomic mass is 9.86. The lowest BCUT2D eigenvalue weighted by Crippen LogP contribution is -2.19. The molecule has 0 aliphatic carbocycles. The number of rotatable bonds is 9. The zero-order valence-corrected chi connectivity index (χ0v) is 32.3. The summed E-state index contributed by atoms with van der Waals surface area (Å²) in [6.07, 6.45) is -0.762. The van der Waals surface area contributed by atoms with E-state index in [0.717, 1.165) is 77.9 Å². The second-order valence-electron chi connectivity index (χ2n) is 15.3. The topological polar surface area (TPSA) is 48.6 Å². The Morgan fingerprint density at radius 2 is 0.860 bits per heavy atom. The highest BCUT2D eigenvalue weighted by Crippen LogP contribution is 2.42.